The molecule has 0 aromatic carbocycles. The number of ether oxygens (including phenoxy) is 1. The first kappa shape index (κ1) is 13.1. The third-order valence-corrected chi connectivity index (χ3v) is 1.62. The largest absolute Gasteiger partial charge is 0.461 e. The van der Waals surface area contributed by atoms with Crippen molar-refractivity contribution in [1.82, 2.24) is 0 Å². The van der Waals surface area contributed by atoms with Gasteiger partial charge in [-0.15, -0.1) is 0 Å². The molecule has 0 unspecified atom stereocenters. The highest BCUT2D eigenvalue weighted by Gasteiger charge is 2.18. The van der Waals surface area contributed by atoms with E-state index in [0.29, 0.717) is 12.0 Å². The maximum absolute atomic E-state index is 13.3. The van der Waals surface area contributed by atoms with Gasteiger partial charge in [0, 0.05) is 0 Å². The third-order valence-electron chi connectivity index (χ3n) is 1.62. The minimum absolute atomic E-state index is 0.0199. The van der Waals surface area contributed by atoms with Gasteiger partial charge in [0.05, 0.1) is 6.61 Å². The number of carbonyl (C=O) groups is 1. The van der Waals surface area contributed by atoms with Gasteiger partial charge in [-0.25, -0.2) is 4.79 Å². The summed E-state index contributed by atoms with van der Waals surface area (Å²) >= 11 is 0. The molecule has 0 aromatic rings. The first-order valence-electron chi connectivity index (χ1n) is 4.80. The molecule has 0 saturated heterocycles. The average molecular weight is 202 g/mol. The standard InChI is InChI=1S/C11H19FO2/c1-6-14-10(13)9(12)8(2)7-11(3,4)5/h6-7H2,1-5H3/b9-8+. The van der Waals surface area contributed by atoms with E-state index in [0.717, 1.165) is 0 Å². The number of hydrogen-bond acceptors (Lipinski definition) is 2. The summed E-state index contributed by atoms with van der Waals surface area (Å²) in [5.74, 6) is -1.60. The molecular weight excluding hydrogens is 183 g/mol. The molecule has 0 bridgehead atoms. The number of halogens is 1. The molecule has 0 radical (unpaired) electrons. The molecule has 14 heavy (non-hydrogen) atoms. The fraction of sp³-hybridized carbons (Fsp3) is 0.727. The van der Waals surface area contributed by atoms with Crippen LogP contribution in [0, 0.1) is 5.41 Å². The highest BCUT2D eigenvalue weighted by molar-refractivity contribution is 5.86. The molecule has 0 aliphatic rings. The van der Waals surface area contributed by atoms with Crippen LogP contribution in [0.4, 0.5) is 4.39 Å². The topological polar surface area (TPSA) is 26.3 Å². The van der Waals surface area contributed by atoms with E-state index in [-0.39, 0.29) is 12.0 Å². The fourth-order valence-electron chi connectivity index (χ4n) is 1.24. The summed E-state index contributed by atoms with van der Waals surface area (Å²) in [7, 11) is 0. The minimum atomic E-state index is -0.853. The number of rotatable bonds is 3. The van der Waals surface area contributed by atoms with E-state index in [4.69, 9.17) is 0 Å². The van der Waals surface area contributed by atoms with Crippen LogP contribution in [0.3, 0.4) is 0 Å². The molecule has 0 amide bonds. The van der Waals surface area contributed by atoms with E-state index in [9.17, 15) is 9.18 Å². The normalized spacial score (nSPS) is 13.6. The molecule has 0 aromatic heterocycles. The van der Waals surface area contributed by atoms with Gasteiger partial charge in [0.1, 0.15) is 0 Å². The van der Waals surface area contributed by atoms with Crippen molar-refractivity contribution in [2.24, 2.45) is 5.41 Å². The van der Waals surface area contributed by atoms with E-state index in [2.05, 4.69) is 4.74 Å². The van der Waals surface area contributed by atoms with Gasteiger partial charge in [0.25, 0.3) is 0 Å². The lowest BCUT2D eigenvalue weighted by Crippen LogP contribution is -2.10. The van der Waals surface area contributed by atoms with Crippen LogP contribution in [0.5, 0.6) is 0 Å². The number of hydrogen-bond donors (Lipinski definition) is 0. The molecule has 0 saturated carbocycles. The lowest BCUT2D eigenvalue weighted by Gasteiger charge is -2.18. The zero-order valence-electron chi connectivity index (χ0n) is 9.61. The molecule has 0 fully saturated rings. The Hall–Kier alpha value is -0.860. The van der Waals surface area contributed by atoms with Gasteiger partial charge in [-0.2, -0.15) is 4.39 Å². The second-order valence-corrected chi connectivity index (χ2v) is 4.55. The lowest BCUT2D eigenvalue weighted by molar-refractivity contribution is -0.140. The van der Waals surface area contributed by atoms with Crippen LogP contribution in [0.1, 0.15) is 41.0 Å². The molecule has 0 spiro atoms. The summed E-state index contributed by atoms with van der Waals surface area (Å²) in [6.07, 6.45) is 0.553. The van der Waals surface area contributed by atoms with E-state index in [1.807, 2.05) is 20.8 Å². The first-order valence-corrected chi connectivity index (χ1v) is 4.80. The lowest BCUT2D eigenvalue weighted by atomic mass is 9.88. The van der Waals surface area contributed by atoms with Crippen molar-refractivity contribution >= 4 is 5.97 Å². The summed E-state index contributed by atoms with van der Waals surface area (Å²) in [6.45, 7) is 9.47. The molecule has 0 N–H and O–H groups in total. The van der Waals surface area contributed by atoms with Crippen molar-refractivity contribution < 1.29 is 13.9 Å². The van der Waals surface area contributed by atoms with Crippen LogP contribution in [0.25, 0.3) is 0 Å². The molecule has 0 rings (SSSR count). The molecule has 3 heteroatoms. The molecule has 82 valence electrons. The Labute approximate surface area is 85.1 Å². The Kier molecular flexibility index (Phi) is 4.81. The zero-order valence-corrected chi connectivity index (χ0v) is 9.61. The monoisotopic (exact) mass is 202 g/mol. The highest BCUT2D eigenvalue weighted by Crippen LogP contribution is 2.26. The number of carbonyl (C=O) groups excluding carboxylic acids is 1. The van der Waals surface area contributed by atoms with Gasteiger partial charge in [-0.05, 0) is 31.3 Å². The van der Waals surface area contributed by atoms with Gasteiger partial charge in [-0.3, -0.25) is 0 Å². The zero-order chi connectivity index (χ0) is 11.4. The third kappa shape index (κ3) is 5.00. The Balaban J connectivity index is 4.51. The smallest absolute Gasteiger partial charge is 0.367 e. The van der Waals surface area contributed by atoms with Gasteiger partial charge in [-0.1, -0.05) is 20.8 Å². The fourth-order valence-corrected chi connectivity index (χ4v) is 1.24. The molecule has 0 aliphatic carbocycles. The second-order valence-electron chi connectivity index (χ2n) is 4.55. The first-order chi connectivity index (χ1) is 6.28. The van der Waals surface area contributed by atoms with Crippen LogP contribution < -0.4 is 0 Å². The highest BCUT2D eigenvalue weighted by atomic mass is 19.1. The van der Waals surface area contributed by atoms with Crippen LogP contribution in [0.15, 0.2) is 11.4 Å². The predicted octanol–water partition coefficient (Wildman–Crippen LogP) is 3.23. The van der Waals surface area contributed by atoms with Crippen molar-refractivity contribution in [1.29, 1.82) is 0 Å². The quantitative estimate of drug-likeness (QED) is 0.519. The van der Waals surface area contributed by atoms with Crippen molar-refractivity contribution in [2.45, 2.75) is 41.0 Å². The van der Waals surface area contributed by atoms with E-state index in [1.54, 1.807) is 13.8 Å². The maximum atomic E-state index is 13.3. The van der Waals surface area contributed by atoms with Crippen molar-refractivity contribution in [3.63, 3.8) is 0 Å². The van der Waals surface area contributed by atoms with Gasteiger partial charge in [0.2, 0.25) is 5.83 Å². The summed E-state index contributed by atoms with van der Waals surface area (Å²) in [4.78, 5) is 11.0. The van der Waals surface area contributed by atoms with E-state index < -0.39 is 11.8 Å². The Morgan fingerprint density at radius 1 is 1.36 bits per heavy atom. The minimum Gasteiger partial charge on any atom is -0.461 e. The average Bonchev–Trinajstić information content (AvgIpc) is 2.00. The molecule has 0 atom stereocenters. The second kappa shape index (κ2) is 5.13. The van der Waals surface area contributed by atoms with Gasteiger partial charge >= 0.3 is 5.97 Å². The summed E-state index contributed by atoms with van der Waals surface area (Å²) in [5.41, 5.74) is 0.435. The number of esters is 1. The maximum Gasteiger partial charge on any atom is 0.367 e. The van der Waals surface area contributed by atoms with Crippen LogP contribution in [-0.2, 0) is 9.53 Å². The molecule has 2 nitrogen and oxygen atoms in total. The van der Waals surface area contributed by atoms with E-state index >= 15 is 0 Å². The summed E-state index contributed by atoms with van der Waals surface area (Å²) < 4.78 is 17.9. The molecule has 0 aliphatic heterocycles. The Bertz CT molecular complexity index is 236. The van der Waals surface area contributed by atoms with Crippen molar-refractivity contribution in [3.8, 4) is 0 Å². The summed E-state index contributed by atoms with van der Waals surface area (Å²) in [6, 6.07) is 0. The predicted molar refractivity (Wildman–Crippen MR) is 54.5 cm³/mol. The molecule has 0 heterocycles. The van der Waals surface area contributed by atoms with E-state index in [1.165, 1.54) is 0 Å². The Morgan fingerprint density at radius 2 is 1.86 bits per heavy atom. The SMILES string of the molecule is CCOC(=O)/C(F)=C(/C)CC(C)(C)C. The van der Waals surface area contributed by atoms with Gasteiger partial charge < -0.3 is 4.74 Å². The van der Waals surface area contributed by atoms with Gasteiger partial charge in [0.15, 0.2) is 0 Å². The van der Waals surface area contributed by atoms with Crippen LogP contribution >= 0.6 is 0 Å². The molecular formula is C11H19FO2. The summed E-state index contributed by atoms with van der Waals surface area (Å²) in [5, 5.41) is 0. The van der Waals surface area contributed by atoms with Crippen LogP contribution in [0.2, 0.25) is 0 Å². The Morgan fingerprint density at radius 3 is 2.21 bits per heavy atom. The van der Waals surface area contributed by atoms with Crippen LogP contribution in [-0.4, -0.2) is 12.6 Å². The van der Waals surface area contributed by atoms with Crippen molar-refractivity contribution in [2.75, 3.05) is 6.61 Å². The van der Waals surface area contributed by atoms with Crippen molar-refractivity contribution in [3.05, 3.63) is 11.4 Å². The number of allylic oxidation sites excluding steroid dienone is 1.